The monoisotopic (exact) mass is 807 g/mol. The van der Waals surface area contributed by atoms with Crippen LogP contribution in [0.2, 0.25) is 0 Å². The van der Waals surface area contributed by atoms with E-state index in [1.165, 1.54) is 57.8 Å². The van der Waals surface area contributed by atoms with E-state index < -0.39 is 6.10 Å². The van der Waals surface area contributed by atoms with Crippen LogP contribution in [0.1, 0.15) is 207 Å². The predicted octanol–water partition coefficient (Wildman–Crippen LogP) is 15.3. The smallest absolute Gasteiger partial charge is 0.306 e. The van der Waals surface area contributed by atoms with Gasteiger partial charge in [0.2, 0.25) is 0 Å². The Labute approximate surface area is 356 Å². The van der Waals surface area contributed by atoms with Gasteiger partial charge in [0, 0.05) is 19.3 Å². The molecule has 0 amide bonds. The van der Waals surface area contributed by atoms with Gasteiger partial charge in [-0.1, -0.05) is 183 Å². The number of hydrogen-bond donors (Lipinski definition) is 0. The summed E-state index contributed by atoms with van der Waals surface area (Å²) in [5.74, 6) is -0.961. The van der Waals surface area contributed by atoms with Crippen LogP contribution in [0, 0.1) is 0 Å². The van der Waals surface area contributed by atoms with Crippen LogP contribution in [0.5, 0.6) is 0 Å². The average molecular weight is 807 g/mol. The Balaban J connectivity index is 4.38. The average Bonchev–Trinajstić information content (AvgIpc) is 3.22. The van der Waals surface area contributed by atoms with Gasteiger partial charge in [0.25, 0.3) is 0 Å². The van der Waals surface area contributed by atoms with Gasteiger partial charge in [0.05, 0.1) is 0 Å². The third-order valence-corrected chi connectivity index (χ3v) is 9.63. The summed E-state index contributed by atoms with van der Waals surface area (Å²) in [6.45, 7) is 6.39. The van der Waals surface area contributed by atoms with Crippen LogP contribution in [0.4, 0.5) is 0 Å². The molecular formula is C52H86O6. The maximum atomic E-state index is 12.7. The highest BCUT2D eigenvalue weighted by molar-refractivity contribution is 5.71. The van der Waals surface area contributed by atoms with Crippen molar-refractivity contribution in [2.45, 2.75) is 213 Å². The molecule has 0 saturated carbocycles. The number of unbranched alkanes of at least 4 members (excludes halogenated alkanes) is 16. The van der Waals surface area contributed by atoms with Crippen molar-refractivity contribution in [3.8, 4) is 0 Å². The Morgan fingerprint density at radius 2 is 0.690 bits per heavy atom. The first-order valence-electron chi connectivity index (χ1n) is 23.6. The summed E-state index contributed by atoms with van der Waals surface area (Å²) >= 11 is 0. The van der Waals surface area contributed by atoms with Crippen molar-refractivity contribution in [3.05, 3.63) is 85.1 Å². The van der Waals surface area contributed by atoms with Gasteiger partial charge in [-0.05, 0) is 89.9 Å². The summed E-state index contributed by atoms with van der Waals surface area (Å²) in [6.07, 6.45) is 58.6. The fourth-order valence-electron chi connectivity index (χ4n) is 6.07. The van der Waals surface area contributed by atoms with Gasteiger partial charge >= 0.3 is 17.9 Å². The quantitative estimate of drug-likeness (QED) is 0.0265. The minimum Gasteiger partial charge on any atom is -0.462 e. The molecule has 0 aliphatic carbocycles. The van der Waals surface area contributed by atoms with Gasteiger partial charge in [0.15, 0.2) is 6.10 Å². The molecule has 0 spiro atoms. The first-order valence-corrected chi connectivity index (χ1v) is 23.6. The largest absolute Gasteiger partial charge is 0.462 e. The summed E-state index contributed by atoms with van der Waals surface area (Å²) in [4.78, 5) is 37.7. The molecule has 0 rings (SSSR count). The van der Waals surface area contributed by atoms with Crippen LogP contribution < -0.4 is 0 Å². The summed E-state index contributed by atoms with van der Waals surface area (Å²) in [5.41, 5.74) is 0. The first-order chi connectivity index (χ1) is 28.5. The van der Waals surface area contributed by atoms with E-state index in [2.05, 4.69) is 106 Å². The molecule has 0 bridgehead atoms. The zero-order valence-corrected chi connectivity index (χ0v) is 37.5. The van der Waals surface area contributed by atoms with Gasteiger partial charge in [0.1, 0.15) is 13.2 Å². The second kappa shape index (κ2) is 46.3. The van der Waals surface area contributed by atoms with Crippen molar-refractivity contribution in [2.24, 2.45) is 0 Å². The number of allylic oxidation sites excluding steroid dienone is 14. The standard InChI is InChI=1S/C52H86O6/c1-4-7-10-13-16-19-21-22-23-24-25-26-27-28-29-30-32-33-36-39-42-45-51(54)57-48-49(47-56-50(53)44-41-38-35-18-15-12-9-6-3)58-52(55)46-43-40-37-34-31-20-17-14-11-8-5-2/h7,10,14,16-17,19,22-23,25-26,28-29,32-33,49H,4-6,8-9,11-13,15,18,20-21,24,27,30-31,34-48H2,1-3H3/b10-7-,17-14-,19-16-,23-22-,26-25-,29-28-,33-32-. The molecule has 1 unspecified atom stereocenters. The molecule has 0 N–H and O–H groups in total. The molecule has 330 valence electrons. The van der Waals surface area contributed by atoms with E-state index >= 15 is 0 Å². The lowest BCUT2D eigenvalue weighted by Gasteiger charge is -2.18. The molecule has 0 saturated heterocycles. The van der Waals surface area contributed by atoms with Crippen LogP contribution >= 0.6 is 0 Å². The molecule has 0 aromatic carbocycles. The highest BCUT2D eigenvalue weighted by atomic mass is 16.6. The van der Waals surface area contributed by atoms with E-state index in [1.807, 2.05) is 0 Å². The van der Waals surface area contributed by atoms with Crippen LogP contribution in [-0.4, -0.2) is 37.2 Å². The van der Waals surface area contributed by atoms with Crippen LogP contribution in [-0.2, 0) is 28.6 Å². The van der Waals surface area contributed by atoms with Gasteiger partial charge in [-0.15, -0.1) is 0 Å². The van der Waals surface area contributed by atoms with Gasteiger partial charge in [-0.2, -0.15) is 0 Å². The Morgan fingerprint density at radius 1 is 0.362 bits per heavy atom. The maximum Gasteiger partial charge on any atom is 0.306 e. The van der Waals surface area contributed by atoms with Gasteiger partial charge in [-0.25, -0.2) is 0 Å². The molecular weight excluding hydrogens is 721 g/mol. The van der Waals surface area contributed by atoms with Gasteiger partial charge < -0.3 is 14.2 Å². The molecule has 0 fully saturated rings. The summed E-state index contributed by atoms with van der Waals surface area (Å²) in [7, 11) is 0. The second-order valence-electron chi connectivity index (χ2n) is 15.3. The number of rotatable bonds is 41. The normalized spacial score (nSPS) is 12.8. The van der Waals surface area contributed by atoms with Crippen molar-refractivity contribution >= 4 is 17.9 Å². The van der Waals surface area contributed by atoms with Crippen LogP contribution in [0.25, 0.3) is 0 Å². The molecule has 0 aliphatic rings. The van der Waals surface area contributed by atoms with E-state index in [4.69, 9.17) is 14.2 Å². The number of carbonyl (C=O) groups is 3. The predicted molar refractivity (Wildman–Crippen MR) is 247 cm³/mol. The lowest BCUT2D eigenvalue weighted by atomic mass is 10.1. The molecule has 6 heteroatoms. The zero-order valence-electron chi connectivity index (χ0n) is 37.5. The molecule has 1 atom stereocenters. The Kier molecular flexibility index (Phi) is 43.6. The Morgan fingerprint density at radius 3 is 1.16 bits per heavy atom. The van der Waals surface area contributed by atoms with E-state index in [1.54, 1.807) is 0 Å². The van der Waals surface area contributed by atoms with Crippen molar-refractivity contribution < 1.29 is 28.6 Å². The highest BCUT2D eigenvalue weighted by Crippen LogP contribution is 2.13. The third kappa shape index (κ3) is 43.7. The van der Waals surface area contributed by atoms with E-state index in [-0.39, 0.29) is 31.1 Å². The number of esters is 3. The maximum absolute atomic E-state index is 12.7. The summed E-state index contributed by atoms with van der Waals surface area (Å²) in [5, 5.41) is 0. The van der Waals surface area contributed by atoms with Crippen molar-refractivity contribution in [2.75, 3.05) is 13.2 Å². The SMILES string of the molecule is CC/C=C\C/C=C\C/C=C\C/C=C\C/C=C\C/C=C\CCCCC(=O)OCC(COC(=O)CCCCCCCCCC)OC(=O)CCCCCCC/C=C\CCCC. The van der Waals surface area contributed by atoms with Crippen molar-refractivity contribution in [3.63, 3.8) is 0 Å². The zero-order chi connectivity index (χ0) is 42.3. The molecule has 0 aromatic rings. The fourth-order valence-corrected chi connectivity index (χ4v) is 6.07. The highest BCUT2D eigenvalue weighted by Gasteiger charge is 2.19. The molecule has 0 radical (unpaired) electrons. The van der Waals surface area contributed by atoms with Crippen LogP contribution in [0.15, 0.2) is 85.1 Å². The minimum absolute atomic E-state index is 0.0939. The molecule has 58 heavy (non-hydrogen) atoms. The Bertz CT molecular complexity index is 1160. The van der Waals surface area contributed by atoms with Gasteiger partial charge in [-0.3, -0.25) is 14.4 Å². The van der Waals surface area contributed by atoms with Crippen molar-refractivity contribution in [1.29, 1.82) is 0 Å². The topological polar surface area (TPSA) is 78.9 Å². The second-order valence-corrected chi connectivity index (χ2v) is 15.3. The lowest BCUT2D eigenvalue weighted by molar-refractivity contribution is -0.167. The number of hydrogen-bond acceptors (Lipinski definition) is 6. The fraction of sp³-hybridized carbons (Fsp3) is 0.673. The van der Waals surface area contributed by atoms with E-state index in [0.29, 0.717) is 19.3 Å². The lowest BCUT2D eigenvalue weighted by Crippen LogP contribution is -2.30. The minimum atomic E-state index is -0.794. The van der Waals surface area contributed by atoms with Crippen molar-refractivity contribution in [1.82, 2.24) is 0 Å². The Hall–Kier alpha value is -3.41. The third-order valence-electron chi connectivity index (χ3n) is 9.63. The molecule has 6 nitrogen and oxygen atoms in total. The van der Waals surface area contributed by atoms with Crippen LogP contribution in [0.3, 0.4) is 0 Å². The summed E-state index contributed by atoms with van der Waals surface area (Å²) < 4.78 is 16.6. The molecule has 0 heterocycles. The summed E-state index contributed by atoms with van der Waals surface area (Å²) in [6, 6.07) is 0. The number of carbonyl (C=O) groups excluding carboxylic acids is 3. The molecule has 0 aliphatic heterocycles. The van der Waals surface area contributed by atoms with E-state index in [0.717, 1.165) is 109 Å². The number of ether oxygens (including phenoxy) is 3. The first kappa shape index (κ1) is 54.6. The van der Waals surface area contributed by atoms with E-state index in [9.17, 15) is 14.4 Å². The molecule has 0 aromatic heterocycles.